The number of benzene rings is 1. The van der Waals surface area contributed by atoms with E-state index in [1.165, 1.54) is 13.2 Å². The third kappa shape index (κ3) is 6.29. The van der Waals surface area contributed by atoms with E-state index in [2.05, 4.69) is 10.3 Å². The van der Waals surface area contributed by atoms with Crippen molar-refractivity contribution in [2.24, 2.45) is 0 Å². The van der Waals surface area contributed by atoms with Crippen molar-refractivity contribution in [2.75, 3.05) is 7.11 Å². The number of carbonyl (C=O) groups is 2. The summed E-state index contributed by atoms with van der Waals surface area (Å²) in [5.41, 5.74) is 1.42. The predicted molar refractivity (Wildman–Crippen MR) is 108 cm³/mol. The van der Waals surface area contributed by atoms with Gasteiger partial charge in [-0.3, -0.25) is 10.1 Å². The van der Waals surface area contributed by atoms with E-state index in [-0.39, 0.29) is 12.1 Å². The molecule has 0 spiro atoms. The summed E-state index contributed by atoms with van der Waals surface area (Å²) >= 11 is 0. The topological polar surface area (TPSA) is 126 Å². The number of aromatic nitrogens is 2. The van der Waals surface area contributed by atoms with Crippen LogP contribution in [0.2, 0.25) is 0 Å². The number of amides is 1. The lowest BCUT2D eigenvalue weighted by molar-refractivity contribution is -0.385. The number of aryl methyl sites for hydroxylation is 1. The van der Waals surface area contributed by atoms with Gasteiger partial charge < -0.3 is 19.4 Å². The lowest BCUT2D eigenvalue weighted by Gasteiger charge is -2.22. The largest absolute Gasteiger partial charge is 0.467 e. The summed E-state index contributed by atoms with van der Waals surface area (Å²) in [7, 11) is 1.24. The summed E-state index contributed by atoms with van der Waals surface area (Å²) in [6.45, 7) is 7.24. The number of nitro groups is 1. The molecule has 0 bridgehead atoms. The molecule has 0 saturated heterocycles. The molecule has 2 rings (SSSR count). The number of esters is 1. The van der Waals surface area contributed by atoms with Crippen molar-refractivity contribution in [3.8, 4) is 0 Å². The Kier molecular flexibility index (Phi) is 7.14. The van der Waals surface area contributed by atoms with Gasteiger partial charge in [0.1, 0.15) is 11.6 Å². The van der Waals surface area contributed by atoms with Crippen molar-refractivity contribution in [3.63, 3.8) is 0 Å². The zero-order chi connectivity index (χ0) is 22.5. The van der Waals surface area contributed by atoms with Crippen LogP contribution < -0.4 is 5.32 Å². The highest BCUT2D eigenvalue weighted by Crippen LogP contribution is 2.20. The molecule has 2 aromatic rings. The number of hydrogen-bond acceptors (Lipinski definition) is 7. The SMILES string of the molecule is COC(=O)[C@H](Cc1cncn1Cc1ccc([N+](=O)[O-])c(C)c1)NC(=O)OC(C)(C)C. The summed E-state index contributed by atoms with van der Waals surface area (Å²) in [5.74, 6) is -0.611. The van der Waals surface area contributed by atoms with E-state index in [1.54, 1.807) is 56.9 Å². The van der Waals surface area contributed by atoms with Crippen molar-refractivity contribution in [2.45, 2.75) is 52.3 Å². The van der Waals surface area contributed by atoms with Crippen molar-refractivity contribution in [3.05, 3.63) is 57.7 Å². The van der Waals surface area contributed by atoms with Crippen LogP contribution in [-0.2, 0) is 27.2 Å². The molecule has 0 fully saturated rings. The molecule has 1 aromatic carbocycles. The van der Waals surface area contributed by atoms with Crippen LogP contribution in [0.3, 0.4) is 0 Å². The highest BCUT2D eigenvalue weighted by atomic mass is 16.6. The normalized spacial score (nSPS) is 12.2. The number of rotatable bonds is 7. The van der Waals surface area contributed by atoms with Gasteiger partial charge in [0, 0.05) is 36.5 Å². The Morgan fingerprint density at radius 2 is 2.03 bits per heavy atom. The van der Waals surface area contributed by atoms with Crippen LogP contribution in [0.25, 0.3) is 0 Å². The van der Waals surface area contributed by atoms with Gasteiger partial charge in [0.25, 0.3) is 5.69 Å². The molecule has 1 amide bonds. The smallest absolute Gasteiger partial charge is 0.408 e. The molecule has 162 valence electrons. The molecule has 1 N–H and O–H groups in total. The first-order valence-electron chi connectivity index (χ1n) is 9.30. The molecule has 0 aliphatic carbocycles. The number of ether oxygens (including phenoxy) is 2. The first-order valence-corrected chi connectivity index (χ1v) is 9.30. The lowest BCUT2D eigenvalue weighted by Crippen LogP contribution is -2.45. The minimum Gasteiger partial charge on any atom is -0.467 e. The van der Waals surface area contributed by atoms with Crippen molar-refractivity contribution < 1.29 is 24.0 Å². The van der Waals surface area contributed by atoms with Gasteiger partial charge in [0.15, 0.2) is 0 Å². The van der Waals surface area contributed by atoms with E-state index >= 15 is 0 Å². The second-order valence-electron chi connectivity index (χ2n) is 7.82. The standard InChI is InChI=1S/C20H26N4O6/c1-13-8-14(6-7-17(13)24(27)28)11-23-12-21-10-15(23)9-16(18(25)29-5)22-19(26)30-20(2,3)4/h6-8,10,12,16H,9,11H2,1-5H3,(H,22,26)/t16-/m0/s1. The van der Waals surface area contributed by atoms with Gasteiger partial charge in [-0.25, -0.2) is 14.6 Å². The van der Waals surface area contributed by atoms with Gasteiger partial charge in [0.05, 0.1) is 18.4 Å². The minimum atomic E-state index is -0.959. The maximum Gasteiger partial charge on any atom is 0.408 e. The molecule has 0 aliphatic rings. The van der Waals surface area contributed by atoms with Crippen LogP contribution in [0.15, 0.2) is 30.7 Å². The van der Waals surface area contributed by atoms with E-state index in [9.17, 15) is 19.7 Å². The first kappa shape index (κ1) is 22.9. The number of nitrogens with one attached hydrogen (secondary N) is 1. The molecule has 0 saturated carbocycles. The predicted octanol–water partition coefficient (Wildman–Crippen LogP) is 2.76. The summed E-state index contributed by atoms with van der Waals surface area (Å²) in [6.07, 6.45) is 2.59. The highest BCUT2D eigenvalue weighted by Gasteiger charge is 2.26. The lowest BCUT2D eigenvalue weighted by atomic mass is 10.1. The van der Waals surface area contributed by atoms with Crippen LogP contribution >= 0.6 is 0 Å². The second kappa shape index (κ2) is 9.38. The number of nitrogens with zero attached hydrogens (tertiary/aromatic N) is 3. The van der Waals surface area contributed by atoms with Gasteiger partial charge in [-0.2, -0.15) is 0 Å². The fraction of sp³-hybridized carbons (Fsp3) is 0.450. The molecular weight excluding hydrogens is 392 g/mol. The number of carbonyl (C=O) groups excluding carboxylic acids is 2. The fourth-order valence-electron chi connectivity index (χ4n) is 2.87. The average molecular weight is 418 g/mol. The third-order valence-electron chi connectivity index (χ3n) is 4.20. The Morgan fingerprint density at radius 3 is 2.60 bits per heavy atom. The molecule has 1 aromatic heterocycles. The Morgan fingerprint density at radius 1 is 1.33 bits per heavy atom. The summed E-state index contributed by atoms with van der Waals surface area (Å²) in [5, 5.41) is 13.5. The maximum absolute atomic E-state index is 12.2. The number of alkyl carbamates (subject to hydrolysis) is 1. The Bertz CT molecular complexity index is 932. The fourth-order valence-corrected chi connectivity index (χ4v) is 2.87. The maximum atomic E-state index is 12.2. The van der Waals surface area contributed by atoms with E-state index in [0.29, 0.717) is 17.8 Å². The van der Waals surface area contributed by atoms with E-state index in [1.807, 2.05) is 0 Å². The molecule has 1 atom stereocenters. The van der Waals surface area contributed by atoms with Crippen LogP contribution in [0.1, 0.15) is 37.6 Å². The van der Waals surface area contributed by atoms with E-state index < -0.39 is 28.6 Å². The quantitative estimate of drug-likeness (QED) is 0.416. The molecule has 0 aliphatic heterocycles. The summed E-state index contributed by atoms with van der Waals surface area (Å²) < 4.78 is 11.8. The summed E-state index contributed by atoms with van der Waals surface area (Å²) in [6, 6.07) is 3.91. The average Bonchev–Trinajstić information content (AvgIpc) is 3.05. The number of hydrogen-bond donors (Lipinski definition) is 1. The zero-order valence-electron chi connectivity index (χ0n) is 17.7. The molecule has 0 radical (unpaired) electrons. The minimum absolute atomic E-state index is 0.0527. The van der Waals surface area contributed by atoms with Gasteiger partial charge in [0.2, 0.25) is 0 Å². The van der Waals surface area contributed by atoms with Gasteiger partial charge >= 0.3 is 12.1 Å². The van der Waals surface area contributed by atoms with Crippen LogP contribution in [-0.4, -0.2) is 45.3 Å². The van der Waals surface area contributed by atoms with Gasteiger partial charge in [-0.05, 0) is 39.3 Å². The van der Waals surface area contributed by atoms with Crippen LogP contribution in [0, 0.1) is 17.0 Å². The van der Waals surface area contributed by atoms with Gasteiger partial charge in [-0.1, -0.05) is 6.07 Å². The van der Waals surface area contributed by atoms with Gasteiger partial charge in [-0.15, -0.1) is 0 Å². The second-order valence-corrected chi connectivity index (χ2v) is 7.82. The van der Waals surface area contributed by atoms with Crippen molar-refractivity contribution >= 4 is 17.7 Å². The molecular formula is C20H26N4O6. The molecule has 0 unspecified atom stereocenters. The Balaban J connectivity index is 2.17. The molecule has 1 heterocycles. The van der Waals surface area contributed by atoms with Crippen molar-refractivity contribution in [1.29, 1.82) is 0 Å². The number of nitro benzene ring substituents is 1. The number of imidazole rings is 1. The van der Waals surface area contributed by atoms with Crippen molar-refractivity contribution in [1.82, 2.24) is 14.9 Å². The third-order valence-corrected chi connectivity index (χ3v) is 4.20. The Hall–Kier alpha value is -3.43. The van der Waals surface area contributed by atoms with E-state index in [4.69, 9.17) is 9.47 Å². The summed E-state index contributed by atoms with van der Waals surface area (Å²) in [4.78, 5) is 39.0. The Labute approximate surface area is 174 Å². The molecule has 10 heteroatoms. The molecule has 10 nitrogen and oxygen atoms in total. The van der Waals surface area contributed by atoms with E-state index in [0.717, 1.165) is 5.56 Å². The first-order chi connectivity index (χ1) is 14.0. The zero-order valence-corrected chi connectivity index (χ0v) is 17.7. The number of methoxy groups -OCH3 is 1. The van der Waals surface area contributed by atoms with Crippen LogP contribution in [0.5, 0.6) is 0 Å². The monoisotopic (exact) mass is 418 g/mol. The van der Waals surface area contributed by atoms with Crippen LogP contribution in [0.4, 0.5) is 10.5 Å². The highest BCUT2D eigenvalue weighted by molar-refractivity contribution is 5.81. The molecule has 30 heavy (non-hydrogen) atoms.